The fourth-order valence-corrected chi connectivity index (χ4v) is 3.79. The van der Waals surface area contributed by atoms with Gasteiger partial charge in [0, 0.05) is 37.7 Å². The molecule has 2 aromatic heterocycles. The molecule has 0 radical (unpaired) electrons. The first-order valence-corrected chi connectivity index (χ1v) is 8.53. The Kier molecular flexibility index (Phi) is 4.35. The molecule has 142 valence electrons. The van der Waals surface area contributed by atoms with E-state index in [1.165, 1.54) is 6.07 Å². The van der Waals surface area contributed by atoms with Gasteiger partial charge < -0.3 is 14.4 Å². The summed E-state index contributed by atoms with van der Waals surface area (Å²) in [7, 11) is 0. The van der Waals surface area contributed by atoms with Crippen molar-refractivity contribution in [3.63, 3.8) is 0 Å². The van der Waals surface area contributed by atoms with E-state index in [2.05, 4.69) is 25.6 Å². The molecule has 2 aliphatic rings. The van der Waals surface area contributed by atoms with Gasteiger partial charge in [-0.15, -0.1) is 10.2 Å². The van der Waals surface area contributed by atoms with Crippen LogP contribution in [0.4, 0.5) is 13.2 Å². The number of aromatic amines is 1. The van der Waals surface area contributed by atoms with Gasteiger partial charge in [0.25, 0.3) is 5.56 Å². The van der Waals surface area contributed by atoms with E-state index in [1.807, 2.05) is 0 Å². The summed E-state index contributed by atoms with van der Waals surface area (Å²) in [6.07, 6.45) is -2.80. The summed E-state index contributed by atoms with van der Waals surface area (Å²) in [6.45, 7) is 2.56. The van der Waals surface area contributed by atoms with Gasteiger partial charge in [0.05, 0.1) is 6.54 Å². The van der Waals surface area contributed by atoms with Crippen LogP contribution in [0.3, 0.4) is 0 Å². The minimum Gasteiger partial charge on any atom is -0.383 e. The van der Waals surface area contributed by atoms with Crippen LogP contribution in [0.15, 0.2) is 15.4 Å². The standard InChI is InChI=1S/C15H19F3N6O2/c16-15(17,18)14-21-20-12-8-23(3-4-24(12)14)7-10-5-9(1-2-19-10)11-6-13(25)22-26-11/h6,9-10,19H,1-5,7-8H2,(H,22,25)/t9-,10-/m1/s1. The van der Waals surface area contributed by atoms with Crippen LogP contribution < -0.4 is 10.9 Å². The Balaban J connectivity index is 1.39. The number of H-pyrrole nitrogens is 1. The number of hydrogen-bond acceptors (Lipinski definition) is 6. The van der Waals surface area contributed by atoms with Gasteiger partial charge in [-0.25, -0.2) is 0 Å². The first-order valence-electron chi connectivity index (χ1n) is 8.53. The number of nitrogens with one attached hydrogen (secondary N) is 2. The summed E-state index contributed by atoms with van der Waals surface area (Å²) in [6, 6.07) is 1.65. The van der Waals surface area contributed by atoms with Gasteiger partial charge in [-0.05, 0) is 19.4 Å². The number of nitrogens with zero attached hydrogens (tertiary/aromatic N) is 4. The Hall–Kier alpha value is -2.14. The molecule has 0 aliphatic carbocycles. The molecule has 2 atom stereocenters. The molecule has 8 nitrogen and oxygen atoms in total. The van der Waals surface area contributed by atoms with Gasteiger partial charge in [0.2, 0.25) is 5.82 Å². The van der Waals surface area contributed by atoms with E-state index in [4.69, 9.17) is 4.52 Å². The van der Waals surface area contributed by atoms with Crippen molar-refractivity contribution in [1.29, 1.82) is 0 Å². The van der Waals surface area contributed by atoms with Gasteiger partial charge in [-0.3, -0.25) is 9.69 Å². The molecule has 1 fully saturated rings. The summed E-state index contributed by atoms with van der Waals surface area (Å²) in [4.78, 5) is 13.3. The fraction of sp³-hybridized carbons (Fsp3) is 0.667. The van der Waals surface area contributed by atoms with E-state index < -0.39 is 12.0 Å². The average Bonchev–Trinajstić information content (AvgIpc) is 3.20. The summed E-state index contributed by atoms with van der Waals surface area (Å²) in [5, 5.41) is 12.8. The van der Waals surface area contributed by atoms with Crippen LogP contribution in [0.5, 0.6) is 0 Å². The number of aromatic nitrogens is 4. The van der Waals surface area contributed by atoms with Crippen LogP contribution in [0, 0.1) is 0 Å². The van der Waals surface area contributed by atoms with Crippen LogP contribution in [-0.4, -0.2) is 50.5 Å². The van der Waals surface area contributed by atoms with E-state index in [-0.39, 0.29) is 24.1 Å². The van der Waals surface area contributed by atoms with Crippen molar-refractivity contribution >= 4 is 0 Å². The zero-order valence-electron chi connectivity index (χ0n) is 13.9. The Morgan fingerprint density at radius 2 is 2.15 bits per heavy atom. The van der Waals surface area contributed by atoms with Crippen LogP contribution in [0.1, 0.15) is 36.2 Å². The number of piperidine rings is 1. The van der Waals surface area contributed by atoms with Crippen LogP contribution in [0.2, 0.25) is 0 Å². The molecule has 0 amide bonds. The molecule has 4 rings (SSSR count). The van der Waals surface area contributed by atoms with Crippen molar-refractivity contribution in [2.24, 2.45) is 0 Å². The normalized spacial score (nSPS) is 24.6. The highest BCUT2D eigenvalue weighted by molar-refractivity contribution is 5.06. The molecular formula is C15H19F3N6O2. The molecule has 0 bridgehead atoms. The molecule has 0 aromatic carbocycles. The minimum absolute atomic E-state index is 0.158. The Bertz CT molecular complexity index is 826. The third-order valence-electron chi connectivity index (χ3n) is 5.00. The second-order valence-electron chi connectivity index (χ2n) is 6.81. The maximum Gasteiger partial charge on any atom is 0.451 e. The highest BCUT2D eigenvalue weighted by Gasteiger charge is 2.39. The second-order valence-corrected chi connectivity index (χ2v) is 6.81. The Labute approximate surface area is 146 Å². The maximum absolute atomic E-state index is 12.9. The van der Waals surface area contributed by atoms with E-state index >= 15 is 0 Å². The van der Waals surface area contributed by atoms with Crippen molar-refractivity contribution < 1.29 is 17.7 Å². The Morgan fingerprint density at radius 1 is 1.31 bits per heavy atom. The summed E-state index contributed by atoms with van der Waals surface area (Å²) >= 11 is 0. The highest BCUT2D eigenvalue weighted by Crippen LogP contribution is 2.30. The topological polar surface area (TPSA) is 92.0 Å². The number of halogens is 3. The lowest BCUT2D eigenvalue weighted by Gasteiger charge is -2.35. The molecule has 0 saturated carbocycles. The van der Waals surface area contributed by atoms with Crippen molar-refractivity contribution in [1.82, 2.24) is 30.1 Å². The molecule has 0 unspecified atom stereocenters. The van der Waals surface area contributed by atoms with Gasteiger partial charge in [0.15, 0.2) is 0 Å². The number of rotatable bonds is 3. The molecule has 1 saturated heterocycles. The molecule has 26 heavy (non-hydrogen) atoms. The summed E-state index contributed by atoms with van der Waals surface area (Å²) in [5.74, 6) is 0.234. The van der Waals surface area contributed by atoms with Gasteiger partial charge in [-0.1, -0.05) is 0 Å². The Morgan fingerprint density at radius 3 is 2.88 bits per heavy atom. The lowest BCUT2D eigenvalue weighted by molar-refractivity contribution is -0.148. The first-order chi connectivity index (χ1) is 12.4. The van der Waals surface area contributed by atoms with Gasteiger partial charge >= 0.3 is 6.18 Å². The van der Waals surface area contributed by atoms with Gasteiger partial charge in [-0.2, -0.15) is 18.3 Å². The second kappa shape index (κ2) is 6.54. The molecular weight excluding hydrogens is 353 g/mol. The average molecular weight is 372 g/mol. The summed E-state index contributed by atoms with van der Waals surface area (Å²) in [5.41, 5.74) is -0.245. The van der Waals surface area contributed by atoms with E-state index in [1.54, 1.807) is 0 Å². The van der Waals surface area contributed by atoms with Crippen molar-refractivity contribution in [2.45, 2.75) is 44.1 Å². The molecule has 2 aliphatic heterocycles. The SMILES string of the molecule is O=c1cc([C@@H]2CCN[C@@H](CN3CCn4c(nnc4C(F)(F)F)C3)C2)o[nH]1. The third-order valence-corrected chi connectivity index (χ3v) is 5.00. The van der Waals surface area contributed by atoms with E-state index in [0.717, 1.165) is 24.0 Å². The first kappa shape index (κ1) is 17.3. The highest BCUT2D eigenvalue weighted by atomic mass is 19.4. The van der Waals surface area contributed by atoms with E-state index in [0.29, 0.717) is 31.2 Å². The molecule has 4 heterocycles. The molecule has 2 aromatic rings. The van der Waals surface area contributed by atoms with Crippen LogP contribution in [0.25, 0.3) is 0 Å². The van der Waals surface area contributed by atoms with E-state index in [9.17, 15) is 18.0 Å². The van der Waals surface area contributed by atoms with Crippen molar-refractivity contribution in [3.8, 4) is 0 Å². The smallest absolute Gasteiger partial charge is 0.383 e. The van der Waals surface area contributed by atoms with Crippen molar-refractivity contribution in [3.05, 3.63) is 33.8 Å². The largest absolute Gasteiger partial charge is 0.451 e. The summed E-state index contributed by atoms with van der Waals surface area (Å²) < 4.78 is 45.1. The monoisotopic (exact) mass is 372 g/mol. The lowest BCUT2D eigenvalue weighted by Crippen LogP contribution is -2.47. The number of alkyl halides is 3. The maximum atomic E-state index is 12.9. The number of hydrogen-bond donors (Lipinski definition) is 2. The van der Waals surface area contributed by atoms with Crippen LogP contribution >= 0.6 is 0 Å². The van der Waals surface area contributed by atoms with Crippen LogP contribution in [-0.2, 0) is 19.3 Å². The molecule has 0 spiro atoms. The fourth-order valence-electron chi connectivity index (χ4n) is 3.79. The molecule has 2 N–H and O–H groups in total. The van der Waals surface area contributed by atoms with Gasteiger partial charge in [0.1, 0.15) is 11.6 Å². The molecule has 11 heteroatoms. The quantitative estimate of drug-likeness (QED) is 0.833. The zero-order chi connectivity index (χ0) is 18.3. The third kappa shape index (κ3) is 3.40. The minimum atomic E-state index is -4.48. The zero-order valence-corrected chi connectivity index (χ0v) is 13.9. The number of fused-ring (bicyclic) bond motifs is 1. The van der Waals surface area contributed by atoms with Crippen molar-refractivity contribution in [2.75, 3.05) is 19.6 Å². The predicted molar refractivity (Wildman–Crippen MR) is 83.4 cm³/mol. The predicted octanol–water partition coefficient (Wildman–Crippen LogP) is 0.930. The lowest BCUT2D eigenvalue weighted by atomic mass is 9.90.